The third-order valence-electron chi connectivity index (χ3n) is 3.33. The number of urea groups is 1. The summed E-state index contributed by atoms with van der Waals surface area (Å²) >= 11 is 0. The molecule has 1 aliphatic carbocycles. The molecule has 0 aromatic heterocycles. The van der Waals surface area contributed by atoms with Crippen LogP contribution in [0.5, 0.6) is 0 Å². The van der Waals surface area contributed by atoms with Gasteiger partial charge in [-0.3, -0.25) is 0 Å². The van der Waals surface area contributed by atoms with Crippen molar-refractivity contribution in [2.75, 3.05) is 6.54 Å². The normalized spacial score (nSPS) is 16.1. The van der Waals surface area contributed by atoms with Gasteiger partial charge in [-0.2, -0.15) is 0 Å². The molecule has 104 valence electrons. The number of carbonyl (C=O) groups excluding carboxylic acids is 1. The molecule has 0 atom stereocenters. The molecule has 1 aliphatic rings. The van der Waals surface area contributed by atoms with Crippen LogP contribution in [0.4, 0.5) is 4.79 Å². The van der Waals surface area contributed by atoms with Gasteiger partial charge in [0.1, 0.15) is 5.54 Å². The van der Waals surface area contributed by atoms with Crippen molar-refractivity contribution in [2.45, 2.75) is 63.8 Å². The number of amides is 2. The Morgan fingerprint density at radius 3 is 2.28 bits per heavy atom. The Kier molecular flexibility index (Phi) is 5.95. The average Bonchev–Trinajstić information content (AvgIpc) is 3.09. The van der Waals surface area contributed by atoms with Gasteiger partial charge in [-0.25, -0.2) is 9.59 Å². The molecule has 0 bridgehead atoms. The minimum Gasteiger partial charge on any atom is -0.480 e. The minimum absolute atomic E-state index is 0.358. The van der Waals surface area contributed by atoms with E-state index in [0.29, 0.717) is 19.4 Å². The second kappa shape index (κ2) is 7.24. The van der Waals surface area contributed by atoms with Gasteiger partial charge in [-0.1, -0.05) is 39.0 Å². The standard InChI is InChI=1S/C13H24N2O3/c1-2-3-4-5-6-7-10-14-12(18)15-13(8-9-13)11(16)17/h2-10H2,1H3,(H,16,17)(H2,14,15,18). The van der Waals surface area contributed by atoms with Crippen molar-refractivity contribution in [3.8, 4) is 0 Å². The highest BCUT2D eigenvalue weighted by Crippen LogP contribution is 2.35. The summed E-state index contributed by atoms with van der Waals surface area (Å²) in [6.07, 6.45) is 8.11. The summed E-state index contributed by atoms with van der Waals surface area (Å²) in [6.45, 7) is 2.80. The fourth-order valence-electron chi connectivity index (χ4n) is 1.89. The molecule has 1 rings (SSSR count). The van der Waals surface area contributed by atoms with Gasteiger partial charge in [0.15, 0.2) is 0 Å². The summed E-state index contributed by atoms with van der Waals surface area (Å²) in [4.78, 5) is 22.3. The fraction of sp³-hybridized carbons (Fsp3) is 0.846. The Morgan fingerprint density at radius 2 is 1.72 bits per heavy atom. The largest absolute Gasteiger partial charge is 0.480 e. The van der Waals surface area contributed by atoms with Gasteiger partial charge in [0.05, 0.1) is 0 Å². The molecule has 0 radical (unpaired) electrons. The van der Waals surface area contributed by atoms with Crippen LogP contribution in [0, 0.1) is 0 Å². The maximum Gasteiger partial charge on any atom is 0.329 e. The van der Waals surface area contributed by atoms with E-state index in [1.165, 1.54) is 25.7 Å². The topological polar surface area (TPSA) is 78.4 Å². The minimum atomic E-state index is -0.981. The Balaban J connectivity index is 1.99. The second-order valence-corrected chi connectivity index (χ2v) is 5.04. The highest BCUT2D eigenvalue weighted by Gasteiger charge is 2.51. The van der Waals surface area contributed by atoms with E-state index in [0.717, 1.165) is 12.8 Å². The van der Waals surface area contributed by atoms with E-state index >= 15 is 0 Å². The first-order chi connectivity index (χ1) is 8.60. The first-order valence-electron chi connectivity index (χ1n) is 6.90. The Labute approximate surface area is 108 Å². The lowest BCUT2D eigenvalue weighted by Crippen LogP contribution is -2.48. The van der Waals surface area contributed by atoms with E-state index in [1.807, 2.05) is 0 Å². The van der Waals surface area contributed by atoms with Crippen molar-refractivity contribution >= 4 is 12.0 Å². The summed E-state index contributed by atoms with van der Waals surface area (Å²) in [7, 11) is 0. The van der Waals surface area contributed by atoms with E-state index < -0.39 is 11.5 Å². The van der Waals surface area contributed by atoms with Crippen LogP contribution < -0.4 is 10.6 Å². The quantitative estimate of drug-likeness (QED) is 0.554. The second-order valence-electron chi connectivity index (χ2n) is 5.04. The summed E-state index contributed by atoms with van der Waals surface area (Å²) in [5.41, 5.74) is -0.981. The van der Waals surface area contributed by atoms with Crippen LogP contribution in [-0.4, -0.2) is 29.2 Å². The number of aliphatic carboxylic acids is 1. The molecule has 0 aromatic carbocycles. The average molecular weight is 256 g/mol. The molecular weight excluding hydrogens is 232 g/mol. The Morgan fingerprint density at radius 1 is 1.11 bits per heavy atom. The van der Waals surface area contributed by atoms with Crippen molar-refractivity contribution in [2.24, 2.45) is 0 Å². The van der Waals surface area contributed by atoms with E-state index in [-0.39, 0.29) is 6.03 Å². The van der Waals surface area contributed by atoms with Gasteiger partial charge >= 0.3 is 12.0 Å². The maximum atomic E-state index is 11.5. The van der Waals surface area contributed by atoms with Crippen molar-refractivity contribution in [3.05, 3.63) is 0 Å². The number of rotatable bonds is 9. The summed E-state index contributed by atoms with van der Waals surface area (Å²) in [5.74, 6) is -0.933. The zero-order chi connectivity index (χ0) is 13.4. The maximum absolute atomic E-state index is 11.5. The van der Waals surface area contributed by atoms with Crippen LogP contribution in [-0.2, 0) is 4.79 Å². The van der Waals surface area contributed by atoms with Gasteiger partial charge < -0.3 is 15.7 Å². The predicted molar refractivity (Wildman–Crippen MR) is 69.5 cm³/mol. The first kappa shape index (κ1) is 14.8. The van der Waals surface area contributed by atoms with Crippen LogP contribution in [0.25, 0.3) is 0 Å². The number of carboxylic acid groups (broad SMARTS) is 1. The number of unbranched alkanes of at least 4 members (excludes halogenated alkanes) is 5. The molecule has 0 heterocycles. The van der Waals surface area contributed by atoms with Gasteiger partial charge in [0, 0.05) is 6.54 Å². The molecule has 0 aromatic rings. The van der Waals surface area contributed by atoms with E-state index in [4.69, 9.17) is 5.11 Å². The number of nitrogens with one attached hydrogen (secondary N) is 2. The van der Waals surface area contributed by atoms with Crippen molar-refractivity contribution < 1.29 is 14.7 Å². The smallest absolute Gasteiger partial charge is 0.329 e. The Bertz CT molecular complexity index is 288. The molecule has 0 saturated heterocycles. The van der Waals surface area contributed by atoms with Gasteiger partial charge in [0.25, 0.3) is 0 Å². The third kappa shape index (κ3) is 4.94. The van der Waals surface area contributed by atoms with Gasteiger partial charge in [-0.05, 0) is 19.3 Å². The molecule has 5 nitrogen and oxygen atoms in total. The van der Waals surface area contributed by atoms with Crippen molar-refractivity contribution in [3.63, 3.8) is 0 Å². The SMILES string of the molecule is CCCCCCCCNC(=O)NC1(C(=O)O)CC1. The summed E-state index contributed by atoms with van der Waals surface area (Å²) in [6, 6.07) is -0.358. The zero-order valence-electron chi connectivity index (χ0n) is 11.1. The van der Waals surface area contributed by atoms with E-state index in [9.17, 15) is 9.59 Å². The molecule has 0 aliphatic heterocycles. The lowest BCUT2D eigenvalue weighted by molar-refractivity contribution is -0.140. The Hall–Kier alpha value is -1.26. The molecular formula is C13H24N2O3. The lowest BCUT2D eigenvalue weighted by atomic mass is 10.1. The summed E-state index contributed by atoms with van der Waals surface area (Å²) < 4.78 is 0. The number of hydrogen-bond acceptors (Lipinski definition) is 2. The third-order valence-corrected chi connectivity index (χ3v) is 3.33. The first-order valence-corrected chi connectivity index (χ1v) is 6.90. The number of hydrogen-bond donors (Lipinski definition) is 3. The van der Waals surface area contributed by atoms with Crippen LogP contribution in [0.2, 0.25) is 0 Å². The van der Waals surface area contributed by atoms with E-state index in [1.54, 1.807) is 0 Å². The van der Waals surface area contributed by atoms with Crippen molar-refractivity contribution in [1.82, 2.24) is 10.6 Å². The molecule has 1 fully saturated rings. The molecule has 0 unspecified atom stereocenters. The fourth-order valence-corrected chi connectivity index (χ4v) is 1.89. The highest BCUT2D eigenvalue weighted by molar-refractivity contribution is 5.88. The van der Waals surface area contributed by atoms with Gasteiger partial charge in [0.2, 0.25) is 0 Å². The molecule has 18 heavy (non-hydrogen) atoms. The molecule has 1 saturated carbocycles. The van der Waals surface area contributed by atoms with Gasteiger partial charge in [-0.15, -0.1) is 0 Å². The number of carbonyl (C=O) groups is 2. The molecule has 0 spiro atoms. The van der Waals surface area contributed by atoms with Crippen LogP contribution in [0.15, 0.2) is 0 Å². The van der Waals surface area contributed by atoms with E-state index in [2.05, 4.69) is 17.6 Å². The zero-order valence-corrected chi connectivity index (χ0v) is 11.1. The number of carboxylic acids is 1. The van der Waals surface area contributed by atoms with Crippen LogP contribution in [0.3, 0.4) is 0 Å². The van der Waals surface area contributed by atoms with Crippen LogP contribution >= 0.6 is 0 Å². The lowest BCUT2D eigenvalue weighted by Gasteiger charge is -2.13. The monoisotopic (exact) mass is 256 g/mol. The van der Waals surface area contributed by atoms with Crippen LogP contribution in [0.1, 0.15) is 58.3 Å². The molecule has 2 amide bonds. The highest BCUT2D eigenvalue weighted by atomic mass is 16.4. The molecule has 5 heteroatoms. The molecule has 3 N–H and O–H groups in total. The predicted octanol–water partition coefficient (Wildman–Crippen LogP) is 2.26. The summed E-state index contributed by atoms with van der Waals surface area (Å²) in [5, 5.41) is 14.1. The van der Waals surface area contributed by atoms with Crippen molar-refractivity contribution in [1.29, 1.82) is 0 Å².